The normalized spacial score (nSPS) is 17.9. The van der Waals surface area contributed by atoms with Crippen LogP contribution in [0.15, 0.2) is 42.5 Å². The van der Waals surface area contributed by atoms with Crippen LogP contribution in [0.4, 0.5) is 11.4 Å². The predicted octanol–water partition coefficient (Wildman–Crippen LogP) is 2.53. The second-order valence-electron chi connectivity index (χ2n) is 7.52. The fourth-order valence-electron chi connectivity index (χ4n) is 3.89. The standard InChI is InChI=1S/C21H25N3O3S/c1-16-3-2-4-17(13-16)15-28(26,27)24-11-9-23(10-12-24)19-6-7-20-18(14-19)5-8-21(25)22-20/h2-4,6-7,13-14H,5,8-12,15H2,1H3,(H,22,25). The summed E-state index contributed by atoms with van der Waals surface area (Å²) in [6.45, 7) is 4.28. The molecule has 1 amide bonds. The van der Waals surface area contributed by atoms with Crippen molar-refractivity contribution in [2.75, 3.05) is 36.4 Å². The topological polar surface area (TPSA) is 69.7 Å². The number of nitrogens with zero attached hydrogens (tertiary/aromatic N) is 2. The Bertz CT molecular complexity index is 996. The second kappa shape index (κ2) is 7.56. The molecule has 2 aromatic carbocycles. The summed E-state index contributed by atoms with van der Waals surface area (Å²) in [6.07, 6.45) is 1.27. The number of carbonyl (C=O) groups excluding carboxylic acids is 1. The lowest BCUT2D eigenvalue weighted by Gasteiger charge is -2.36. The van der Waals surface area contributed by atoms with Crippen LogP contribution in [-0.2, 0) is 27.0 Å². The molecule has 2 aromatic rings. The number of nitrogens with one attached hydrogen (secondary N) is 1. The molecule has 0 spiro atoms. The average molecular weight is 400 g/mol. The van der Waals surface area contributed by atoms with Gasteiger partial charge in [-0.05, 0) is 42.7 Å². The van der Waals surface area contributed by atoms with Gasteiger partial charge in [0, 0.05) is 44.0 Å². The number of aryl methyl sites for hydroxylation is 2. The Morgan fingerprint density at radius 3 is 2.54 bits per heavy atom. The largest absolute Gasteiger partial charge is 0.369 e. The molecule has 0 radical (unpaired) electrons. The fraction of sp³-hybridized carbons (Fsp3) is 0.381. The SMILES string of the molecule is Cc1cccc(CS(=O)(=O)N2CCN(c3ccc4c(c3)CCC(=O)N4)CC2)c1. The van der Waals surface area contributed by atoms with Crippen molar-refractivity contribution >= 4 is 27.3 Å². The second-order valence-corrected chi connectivity index (χ2v) is 9.49. The van der Waals surface area contributed by atoms with Gasteiger partial charge in [0.2, 0.25) is 15.9 Å². The van der Waals surface area contributed by atoms with Crippen molar-refractivity contribution in [1.29, 1.82) is 0 Å². The van der Waals surface area contributed by atoms with Gasteiger partial charge in [0.05, 0.1) is 5.75 Å². The molecule has 4 rings (SSSR count). The van der Waals surface area contributed by atoms with Gasteiger partial charge < -0.3 is 10.2 Å². The monoisotopic (exact) mass is 399 g/mol. The summed E-state index contributed by atoms with van der Waals surface area (Å²) in [5, 5.41) is 2.90. The molecular weight excluding hydrogens is 374 g/mol. The van der Waals surface area contributed by atoms with E-state index in [4.69, 9.17) is 0 Å². The summed E-state index contributed by atoms with van der Waals surface area (Å²) in [7, 11) is -3.32. The molecule has 1 N–H and O–H groups in total. The van der Waals surface area contributed by atoms with Gasteiger partial charge in [0.1, 0.15) is 0 Å². The maximum atomic E-state index is 12.8. The van der Waals surface area contributed by atoms with Crippen molar-refractivity contribution in [3.05, 3.63) is 59.2 Å². The lowest BCUT2D eigenvalue weighted by molar-refractivity contribution is -0.116. The highest BCUT2D eigenvalue weighted by Crippen LogP contribution is 2.28. The number of carbonyl (C=O) groups is 1. The first kappa shape index (κ1) is 19.0. The van der Waals surface area contributed by atoms with E-state index in [0.717, 1.165) is 34.5 Å². The first-order valence-electron chi connectivity index (χ1n) is 9.62. The molecule has 0 saturated carbocycles. The van der Waals surface area contributed by atoms with Crippen LogP contribution in [0.3, 0.4) is 0 Å². The molecule has 6 nitrogen and oxygen atoms in total. The van der Waals surface area contributed by atoms with Gasteiger partial charge in [-0.1, -0.05) is 29.8 Å². The molecule has 2 aliphatic heterocycles. The summed E-state index contributed by atoms with van der Waals surface area (Å²) >= 11 is 0. The molecule has 0 aromatic heterocycles. The van der Waals surface area contributed by atoms with E-state index in [0.29, 0.717) is 32.6 Å². The molecule has 2 heterocycles. The Labute approximate surface area is 166 Å². The molecule has 0 atom stereocenters. The molecule has 0 bridgehead atoms. The number of piperazine rings is 1. The third-order valence-electron chi connectivity index (χ3n) is 5.41. The van der Waals surface area contributed by atoms with E-state index in [1.165, 1.54) is 0 Å². The summed E-state index contributed by atoms with van der Waals surface area (Å²) in [6, 6.07) is 13.7. The summed E-state index contributed by atoms with van der Waals surface area (Å²) in [5.74, 6) is 0.111. The molecule has 1 saturated heterocycles. The quantitative estimate of drug-likeness (QED) is 0.858. The molecule has 7 heteroatoms. The number of hydrogen-bond acceptors (Lipinski definition) is 4. The zero-order valence-electron chi connectivity index (χ0n) is 16.0. The van der Waals surface area contributed by atoms with Crippen molar-refractivity contribution in [3.8, 4) is 0 Å². The van der Waals surface area contributed by atoms with E-state index in [-0.39, 0.29) is 11.7 Å². The van der Waals surface area contributed by atoms with Crippen molar-refractivity contribution in [2.45, 2.75) is 25.5 Å². The Morgan fingerprint density at radius 1 is 1.00 bits per heavy atom. The molecule has 28 heavy (non-hydrogen) atoms. The van der Waals surface area contributed by atoms with Crippen LogP contribution in [0.1, 0.15) is 23.1 Å². The molecular formula is C21H25N3O3S. The maximum absolute atomic E-state index is 12.8. The Kier molecular flexibility index (Phi) is 5.12. The third kappa shape index (κ3) is 4.05. The van der Waals surface area contributed by atoms with Gasteiger partial charge in [0.15, 0.2) is 0 Å². The van der Waals surface area contributed by atoms with E-state index in [9.17, 15) is 13.2 Å². The first-order valence-corrected chi connectivity index (χ1v) is 11.2. The number of benzene rings is 2. The third-order valence-corrected chi connectivity index (χ3v) is 7.26. The minimum Gasteiger partial charge on any atom is -0.369 e. The molecule has 1 fully saturated rings. The zero-order chi connectivity index (χ0) is 19.7. The molecule has 2 aliphatic rings. The fourth-order valence-corrected chi connectivity index (χ4v) is 5.40. The lowest BCUT2D eigenvalue weighted by atomic mass is 10.0. The molecule has 0 unspecified atom stereocenters. The average Bonchev–Trinajstić information content (AvgIpc) is 2.67. The number of hydrogen-bond donors (Lipinski definition) is 1. The number of fused-ring (bicyclic) bond motifs is 1. The first-order chi connectivity index (χ1) is 13.4. The van der Waals surface area contributed by atoms with Crippen LogP contribution in [0, 0.1) is 6.92 Å². The summed E-state index contributed by atoms with van der Waals surface area (Å²) < 4.78 is 27.2. The summed E-state index contributed by atoms with van der Waals surface area (Å²) in [5.41, 5.74) is 5.02. The molecule has 0 aliphatic carbocycles. The van der Waals surface area contributed by atoms with E-state index in [1.807, 2.05) is 43.3 Å². The highest BCUT2D eigenvalue weighted by Gasteiger charge is 2.27. The van der Waals surface area contributed by atoms with Gasteiger partial charge in [-0.2, -0.15) is 4.31 Å². The Hall–Kier alpha value is -2.38. The van der Waals surface area contributed by atoms with E-state index < -0.39 is 10.0 Å². The van der Waals surface area contributed by atoms with Crippen LogP contribution >= 0.6 is 0 Å². The smallest absolute Gasteiger partial charge is 0.224 e. The van der Waals surface area contributed by atoms with Gasteiger partial charge in [-0.3, -0.25) is 4.79 Å². The Morgan fingerprint density at radius 2 is 1.79 bits per heavy atom. The van der Waals surface area contributed by atoms with Crippen molar-refractivity contribution in [1.82, 2.24) is 4.31 Å². The maximum Gasteiger partial charge on any atom is 0.224 e. The predicted molar refractivity (Wildman–Crippen MR) is 111 cm³/mol. The van der Waals surface area contributed by atoms with Crippen LogP contribution in [0.2, 0.25) is 0 Å². The number of anilines is 2. The van der Waals surface area contributed by atoms with Crippen LogP contribution in [0.5, 0.6) is 0 Å². The van der Waals surface area contributed by atoms with Gasteiger partial charge in [0.25, 0.3) is 0 Å². The van der Waals surface area contributed by atoms with Crippen molar-refractivity contribution in [2.24, 2.45) is 0 Å². The summed E-state index contributed by atoms with van der Waals surface area (Å²) in [4.78, 5) is 13.7. The van der Waals surface area contributed by atoms with E-state index >= 15 is 0 Å². The van der Waals surface area contributed by atoms with Crippen molar-refractivity contribution < 1.29 is 13.2 Å². The molecule has 148 valence electrons. The Balaban J connectivity index is 1.41. The highest BCUT2D eigenvalue weighted by molar-refractivity contribution is 7.88. The minimum atomic E-state index is -3.32. The van der Waals surface area contributed by atoms with E-state index in [1.54, 1.807) is 4.31 Å². The minimum absolute atomic E-state index is 0.0488. The van der Waals surface area contributed by atoms with Crippen LogP contribution < -0.4 is 10.2 Å². The van der Waals surface area contributed by atoms with Gasteiger partial charge in [-0.25, -0.2) is 8.42 Å². The zero-order valence-corrected chi connectivity index (χ0v) is 16.8. The number of amides is 1. The van der Waals surface area contributed by atoms with Gasteiger partial charge in [-0.15, -0.1) is 0 Å². The van der Waals surface area contributed by atoms with Crippen LogP contribution in [-0.4, -0.2) is 44.8 Å². The van der Waals surface area contributed by atoms with E-state index in [2.05, 4.69) is 16.3 Å². The lowest BCUT2D eigenvalue weighted by Crippen LogP contribution is -2.49. The van der Waals surface area contributed by atoms with Gasteiger partial charge >= 0.3 is 0 Å². The number of sulfonamides is 1. The number of rotatable bonds is 4. The van der Waals surface area contributed by atoms with Crippen molar-refractivity contribution in [3.63, 3.8) is 0 Å². The highest BCUT2D eigenvalue weighted by atomic mass is 32.2. The van der Waals surface area contributed by atoms with Crippen LogP contribution in [0.25, 0.3) is 0 Å².